The fourth-order valence-electron chi connectivity index (χ4n) is 0.891. The highest BCUT2D eigenvalue weighted by molar-refractivity contribution is 9.09. The zero-order valence-electron chi connectivity index (χ0n) is 7.30. The molecule has 12 heavy (non-hydrogen) atoms. The van der Waals surface area contributed by atoms with Crippen molar-refractivity contribution in [3.05, 3.63) is 0 Å². The minimum absolute atomic E-state index is 0.153. The Labute approximate surface area is 80.5 Å². The topological polar surface area (TPSA) is 35.5 Å². The molecule has 1 unspecified atom stereocenters. The van der Waals surface area contributed by atoms with Crippen molar-refractivity contribution in [3.8, 4) is 0 Å². The third-order valence-corrected chi connectivity index (χ3v) is 2.04. The highest BCUT2D eigenvalue weighted by Gasteiger charge is 2.42. The Morgan fingerprint density at radius 2 is 2.33 bits per heavy atom. The van der Waals surface area contributed by atoms with Crippen molar-refractivity contribution in [3.63, 3.8) is 0 Å². The van der Waals surface area contributed by atoms with Crippen LogP contribution in [0.4, 0.5) is 0 Å². The van der Waals surface area contributed by atoms with Crippen LogP contribution in [-0.4, -0.2) is 30.6 Å². The lowest BCUT2D eigenvalue weighted by molar-refractivity contribution is -0.182. The third kappa shape index (κ3) is 2.20. The maximum atomic E-state index is 11.3. The second-order valence-electron chi connectivity index (χ2n) is 3.43. The van der Waals surface area contributed by atoms with Crippen molar-refractivity contribution in [1.82, 2.24) is 0 Å². The number of alkyl halides is 1. The van der Waals surface area contributed by atoms with Gasteiger partial charge in [-0.15, -0.1) is 0 Å². The maximum Gasteiger partial charge on any atom is 0.316 e. The van der Waals surface area contributed by atoms with Gasteiger partial charge in [0.15, 0.2) is 0 Å². The molecule has 0 amide bonds. The average molecular weight is 237 g/mol. The molecule has 1 fully saturated rings. The predicted molar refractivity (Wildman–Crippen MR) is 48.3 cm³/mol. The van der Waals surface area contributed by atoms with E-state index in [9.17, 15) is 4.79 Å². The molecule has 0 bridgehead atoms. The number of ether oxygens (including phenoxy) is 2. The zero-order chi connectivity index (χ0) is 9.19. The van der Waals surface area contributed by atoms with Gasteiger partial charge in [0.05, 0.1) is 13.2 Å². The van der Waals surface area contributed by atoms with Crippen molar-refractivity contribution in [2.45, 2.75) is 18.7 Å². The van der Waals surface area contributed by atoms with E-state index >= 15 is 0 Å². The van der Waals surface area contributed by atoms with E-state index in [1.807, 2.05) is 13.8 Å². The predicted octanol–water partition coefficient (Wildman–Crippen LogP) is 1.35. The largest absolute Gasteiger partial charge is 0.464 e. The Kier molecular flexibility index (Phi) is 3.12. The summed E-state index contributed by atoms with van der Waals surface area (Å²) in [6, 6.07) is 0. The van der Waals surface area contributed by atoms with Crippen molar-refractivity contribution >= 4 is 21.9 Å². The molecule has 0 aliphatic carbocycles. The van der Waals surface area contributed by atoms with E-state index in [4.69, 9.17) is 9.47 Å². The molecule has 0 radical (unpaired) electrons. The van der Waals surface area contributed by atoms with Gasteiger partial charge in [-0.2, -0.15) is 0 Å². The molecule has 1 aliphatic rings. The van der Waals surface area contributed by atoms with Crippen LogP contribution in [0.5, 0.6) is 0 Å². The van der Waals surface area contributed by atoms with Crippen LogP contribution in [0.3, 0.4) is 0 Å². The standard InChI is InChI=1S/C8H13BrO3/c1-6(9)3-12-7(10)8(2)4-11-5-8/h6H,3-5H2,1-2H3. The lowest BCUT2D eigenvalue weighted by Gasteiger charge is -2.35. The summed E-state index contributed by atoms with van der Waals surface area (Å²) < 4.78 is 10.00. The first-order valence-electron chi connectivity index (χ1n) is 3.94. The summed E-state index contributed by atoms with van der Waals surface area (Å²) in [5, 5.41) is 0. The number of esters is 1. The van der Waals surface area contributed by atoms with Crippen molar-refractivity contribution < 1.29 is 14.3 Å². The molecule has 0 aromatic carbocycles. The fraction of sp³-hybridized carbons (Fsp3) is 0.875. The summed E-state index contributed by atoms with van der Waals surface area (Å²) in [4.78, 5) is 11.5. The number of carbonyl (C=O) groups is 1. The second kappa shape index (κ2) is 3.75. The Morgan fingerprint density at radius 1 is 1.75 bits per heavy atom. The van der Waals surface area contributed by atoms with Crippen molar-refractivity contribution in [2.24, 2.45) is 5.41 Å². The van der Waals surface area contributed by atoms with Gasteiger partial charge < -0.3 is 9.47 Å². The molecule has 1 saturated heterocycles. The van der Waals surface area contributed by atoms with Crippen LogP contribution < -0.4 is 0 Å². The number of rotatable bonds is 3. The Bertz CT molecular complexity index is 175. The van der Waals surface area contributed by atoms with E-state index in [0.717, 1.165) is 0 Å². The van der Waals surface area contributed by atoms with Crippen LogP contribution in [0, 0.1) is 5.41 Å². The Balaban J connectivity index is 2.28. The van der Waals surface area contributed by atoms with E-state index in [1.54, 1.807) is 0 Å². The maximum absolute atomic E-state index is 11.3. The van der Waals surface area contributed by atoms with E-state index in [-0.39, 0.29) is 16.2 Å². The third-order valence-electron chi connectivity index (χ3n) is 1.78. The van der Waals surface area contributed by atoms with E-state index in [0.29, 0.717) is 19.8 Å². The first kappa shape index (κ1) is 9.99. The van der Waals surface area contributed by atoms with Gasteiger partial charge >= 0.3 is 5.97 Å². The van der Waals surface area contributed by atoms with Gasteiger partial charge in [-0.3, -0.25) is 4.79 Å². The summed E-state index contributed by atoms with van der Waals surface area (Å²) in [6.45, 7) is 5.20. The van der Waals surface area contributed by atoms with E-state index < -0.39 is 0 Å². The molecule has 70 valence electrons. The average Bonchev–Trinajstić information content (AvgIpc) is 1.95. The van der Waals surface area contributed by atoms with Gasteiger partial charge in [0.25, 0.3) is 0 Å². The monoisotopic (exact) mass is 236 g/mol. The normalized spacial score (nSPS) is 22.6. The number of carbonyl (C=O) groups excluding carboxylic acids is 1. The molecule has 1 rings (SSSR count). The Hall–Kier alpha value is -0.0900. The van der Waals surface area contributed by atoms with Crippen LogP contribution in [-0.2, 0) is 14.3 Å². The molecule has 3 nitrogen and oxygen atoms in total. The molecular formula is C8H13BrO3. The molecular weight excluding hydrogens is 224 g/mol. The molecule has 0 aromatic heterocycles. The van der Waals surface area contributed by atoms with Gasteiger partial charge in [0.1, 0.15) is 12.0 Å². The van der Waals surface area contributed by atoms with Crippen LogP contribution in [0.15, 0.2) is 0 Å². The van der Waals surface area contributed by atoms with E-state index in [2.05, 4.69) is 15.9 Å². The molecule has 0 spiro atoms. The van der Waals surface area contributed by atoms with Gasteiger partial charge in [-0.05, 0) is 13.8 Å². The summed E-state index contributed by atoms with van der Waals surface area (Å²) >= 11 is 3.30. The SMILES string of the molecule is CC(Br)COC(=O)C1(C)COC1. The molecule has 0 N–H and O–H groups in total. The molecule has 4 heteroatoms. The zero-order valence-corrected chi connectivity index (χ0v) is 8.89. The van der Waals surface area contributed by atoms with Crippen LogP contribution in [0.2, 0.25) is 0 Å². The quantitative estimate of drug-likeness (QED) is 0.549. The van der Waals surface area contributed by atoms with Gasteiger partial charge in [0, 0.05) is 4.83 Å². The minimum Gasteiger partial charge on any atom is -0.464 e. The first-order chi connectivity index (χ1) is 5.54. The van der Waals surface area contributed by atoms with Gasteiger partial charge in [-0.25, -0.2) is 0 Å². The molecule has 1 heterocycles. The second-order valence-corrected chi connectivity index (χ2v) is 5.00. The van der Waals surface area contributed by atoms with Crippen LogP contribution in [0.25, 0.3) is 0 Å². The number of hydrogen-bond donors (Lipinski definition) is 0. The lowest BCUT2D eigenvalue weighted by atomic mass is 9.89. The Morgan fingerprint density at radius 3 is 2.67 bits per heavy atom. The lowest BCUT2D eigenvalue weighted by Crippen LogP contribution is -2.47. The minimum atomic E-state index is -0.387. The molecule has 0 aromatic rings. The number of halogens is 1. The molecule has 0 saturated carbocycles. The summed E-state index contributed by atoms with van der Waals surface area (Å²) in [5.41, 5.74) is -0.387. The van der Waals surface area contributed by atoms with Crippen LogP contribution in [0.1, 0.15) is 13.8 Å². The molecule has 1 aliphatic heterocycles. The molecule has 1 atom stereocenters. The summed E-state index contributed by atoms with van der Waals surface area (Å²) in [6.07, 6.45) is 0. The smallest absolute Gasteiger partial charge is 0.316 e. The fourth-order valence-corrected chi connectivity index (χ4v) is 1.02. The van der Waals surface area contributed by atoms with E-state index in [1.165, 1.54) is 0 Å². The number of hydrogen-bond acceptors (Lipinski definition) is 3. The van der Waals surface area contributed by atoms with Gasteiger partial charge in [0.2, 0.25) is 0 Å². The first-order valence-corrected chi connectivity index (χ1v) is 4.85. The summed E-state index contributed by atoms with van der Waals surface area (Å²) in [5.74, 6) is -0.153. The van der Waals surface area contributed by atoms with Crippen molar-refractivity contribution in [2.75, 3.05) is 19.8 Å². The highest BCUT2D eigenvalue weighted by Crippen LogP contribution is 2.28. The highest BCUT2D eigenvalue weighted by atomic mass is 79.9. The van der Waals surface area contributed by atoms with Crippen LogP contribution >= 0.6 is 15.9 Å². The van der Waals surface area contributed by atoms with Gasteiger partial charge in [-0.1, -0.05) is 15.9 Å². The summed E-state index contributed by atoms with van der Waals surface area (Å²) in [7, 11) is 0. The van der Waals surface area contributed by atoms with Crippen molar-refractivity contribution in [1.29, 1.82) is 0 Å².